The van der Waals surface area contributed by atoms with E-state index < -0.39 is 0 Å². The number of benzene rings is 2. The van der Waals surface area contributed by atoms with Crippen molar-refractivity contribution in [3.63, 3.8) is 0 Å². The summed E-state index contributed by atoms with van der Waals surface area (Å²) in [5.41, 5.74) is 9.92. The van der Waals surface area contributed by atoms with Crippen molar-refractivity contribution in [1.29, 1.82) is 0 Å². The van der Waals surface area contributed by atoms with Gasteiger partial charge in [0, 0.05) is 48.4 Å². The molecule has 2 aromatic carbocycles. The van der Waals surface area contributed by atoms with Crippen LogP contribution in [0.25, 0.3) is 0 Å². The molecule has 5 heteroatoms. The highest BCUT2D eigenvalue weighted by atomic mass is 19.1. The number of halogens is 1. The number of rotatable bonds is 8. The van der Waals surface area contributed by atoms with Crippen molar-refractivity contribution in [3.8, 4) is 0 Å². The Bertz CT molecular complexity index is 1800. The lowest BCUT2D eigenvalue weighted by Gasteiger charge is -2.30. The third-order valence-corrected chi connectivity index (χ3v) is 11.2. The third kappa shape index (κ3) is 8.53. The zero-order chi connectivity index (χ0) is 34.2. The molecule has 0 amide bonds. The summed E-state index contributed by atoms with van der Waals surface area (Å²) in [5.74, 6) is 1.17. The molecule has 2 saturated carbocycles. The third-order valence-electron chi connectivity index (χ3n) is 11.2. The van der Waals surface area contributed by atoms with Crippen molar-refractivity contribution in [2.75, 3.05) is 0 Å². The van der Waals surface area contributed by atoms with Crippen LogP contribution in [0.3, 0.4) is 0 Å². The van der Waals surface area contributed by atoms with Crippen molar-refractivity contribution >= 4 is 0 Å². The molecule has 2 aromatic heterocycles. The molecule has 4 aliphatic rings. The molecule has 0 atom stereocenters. The second kappa shape index (κ2) is 16.8. The first-order valence-electron chi connectivity index (χ1n) is 19.3. The van der Waals surface area contributed by atoms with E-state index in [2.05, 4.69) is 45.5 Å². The molecule has 2 fully saturated rings. The summed E-state index contributed by atoms with van der Waals surface area (Å²) in [6, 6.07) is 21.2. The van der Waals surface area contributed by atoms with Crippen LogP contribution >= 0.6 is 0 Å². The first-order chi connectivity index (χ1) is 24.0. The quantitative estimate of drug-likeness (QED) is 0.189. The van der Waals surface area contributed by atoms with Crippen molar-refractivity contribution in [1.82, 2.24) is 9.13 Å². The summed E-state index contributed by atoms with van der Waals surface area (Å²) < 4.78 is 17.3. The maximum Gasteiger partial charge on any atom is 0.254 e. The van der Waals surface area contributed by atoms with E-state index in [0.717, 1.165) is 67.8 Å². The van der Waals surface area contributed by atoms with Crippen molar-refractivity contribution < 1.29 is 4.39 Å². The summed E-state index contributed by atoms with van der Waals surface area (Å²) in [6.45, 7) is 5.84. The number of aromatic nitrogens is 2. The molecule has 0 saturated heterocycles. The maximum absolute atomic E-state index is 13.1. The molecule has 0 aliphatic heterocycles. The molecule has 4 aliphatic carbocycles. The Hall–Kier alpha value is -3.73. The van der Waals surface area contributed by atoms with E-state index in [1.807, 2.05) is 19.9 Å². The second-order valence-electron chi connectivity index (χ2n) is 14.6. The summed E-state index contributed by atoms with van der Waals surface area (Å²) >= 11 is 0. The predicted octanol–water partition coefficient (Wildman–Crippen LogP) is 9.40. The molecule has 0 radical (unpaired) electrons. The maximum atomic E-state index is 13.1. The van der Waals surface area contributed by atoms with Gasteiger partial charge in [-0.15, -0.1) is 0 Å². The fourth-order valence-electron chi connectivity index (χ4n) is 8.03. The molecule has 0 unspecified atom stereocenters. The van der Waals surface area contributed by atoms with Gasteiger partial charge in [0.2, 0.25) is 0 Å². The first-order valence-corrected chi connectivity index (χ1v) is 19.3. The van der Waals surface area contributed by atoms with Gasteiger partial charge in [0.1, 0.15) is 5.82 Å². The van der Waals surface area contributed by atoms with Crippen LogP contribution in [0.2, 0.25) is 0 Å². The van der Waals surface area contributed by atoms with Crippen LogP contribution < -0.4 is 11.1 Å². The van der Waals surface area contributed by atoms with E-state index in [4.69, 9.17) is 0 Å². The van der Waals surface area contributed by atoms with Crippen LogP contribution in [0.1, 0.15) is 123 Å². The van der Waals surface area contributed by atoms with Crippen LogP contribution in [0.15, 0.2) is 76.3 Å². The highest BCUT2D eigenvalue weighted by molar-refractivity contribution is 5.34. The zero-order valence-corrected chi connectivity index (χ0v) is 29.8. The van der Waals surface area contributed by atoms with Crippen molar-refractivity contribution in [2.45, 2.75) is 130 Å². The van der Waals surface area contributed by atoms with Crippen LogP contribution in [0.5, 0.6) is 0 Å². The Balaban J connectivity index is 0.000000162. The molecular weight excluding hydrogens is 607 g/mol. The van der Waals surface area contributed by atoms with E-state index in [9.17, 15) is 14.0 Å². The summed E-state index contributed by atoms with van der Waals surface area (Å²) in [4.78, 5) is 26.2. The summed E-state index contributed by atoms with van der Waals surface area (Å²) in [7, 11) is 0. The fraction of sp³-hybridized carbons (Fsp3) is 0.500. The number of hydrogen-bond donors (Lipinski definition) is 0. The topological polar surface area (TPSA) is 44.0 Å². The van der Waals surface area contributed by atoms with Gasteiger partial charge in [-0.2, -0.15) is 0 Å². The lowest BCUT2D eigenvalue weighted by Crippen LogP contribution is -2.33. The largest absolute Gasteiger partial charge is 0.312 e. The molecule has 2 heterocycles. The molecule has 4 nitrogen and oxygen atoms in total. The Kier molecular flexibility index (Phi) is 12.0. The minimum atomic E-state index is -0.230. The Labute approximate surface area is 292 Å². The van der Waals surface area contributed by atoms with Gasteiger partial charge in [0.05, 0.1) is 0 Å². The van der Waals surface area contributed by atoms with Gasteiger partial charge in [-0.3, -0.25) is 9.59 Å². The Morgan fingerprint density at radius 2 is 1.00 bits per heavy atom. The average Bonchev–Trinajstić information content (AvgIpc) is 3.09. The number of pyridine rings is 2. The van der Waals surface area contributed by atoms with Gasteiger partial charge in [-0.25, -0.2) is 4.39 Å². The Morgan fingerprint density at radius 1 is 0.571 bits per heavy atom. The summed E-state index contributed by atoms with van der Waals surface area (Å²) in [5, 5.41) is 0. The minimum Gasteiger partial charge on any atom is -0.312 e. The van der Waals surface area contributed by atoms with E-state index >= 15 is 0 Å². The fourth-order valence-corrected chi connectivity index (χ4v) is 8.03. The lowest BCUT2D eigenvalue weighted by molar-refractivity contribution is 0.269. The van der Waals surface area contributed by atoms with Crippen molar-refractivity contribution in [2.24, 2.45) is 11.8 Å². The van der Waals surface area contributed by atoms with E-state index in [0.29, 0.717) is 12.3 Å². The van der Waals surface area contributed by atoms with Gasteiger partial charge in [0.25, 0.3) is 11.1 Å². The normalized spacial score (nSPS) is 16.9. The molecule has 49 heavy (non-hydrogen) atoms. The monoisotopic (exact) mass is 662 g/mol. The second-order valence-corrected chi connectivity index (χ2v) is 14.6. The highest BCUT2D eigenvalue weighted by Gasteiger charge is 2.25. The molecule has 8 rings (SSSR count). The molecule has 0 bridgehead atoms. The van der Waals surface area contributed by atoms with Crippen LogP contribution in [0, 0.1) is 17.7 Å². The van der Waals surface area contributed by atoms with E-state index in [-0.39, 0.29) is 16.9 Å². The average molecular weight is 663 g/mol. The molecular formula is C44H55FN2O2. The van der Waals surface area contributed by atoms with Crippen LogP contribution in [-0.4, -0.2) is 9.13 Å². The smallest absolute Gasteiger partial charge is 0.254 e. The summed E-state index contributed by atoms with van der Waals surface area (Å²) in [6.07, 6.45) is 18.3. The van der Waals surface area contributed by atoms with Gasteiger partial charge in [-0.05, 0) is 135 Å². The number of aryl methyl sites for hydroxylation is 2. The highest BCUT2D eigenvalue weighted by Crippen LogP contribution is 2.31. The van der Waals surface area contributed by atoms with E-state index in [1.165, 1.54) is 104 Å². The molecule has 0 N–H and O–H groups in total. The zero-order valence-electron chi connectivity index (χ0n) is 29.8. The van der Waals surface area contributed by atoms with Gasteiger partial charge in [-0.1, -0.05) is 69.2 Å². The van der Waals surface area contributed by atoms with Gasteiger partial charge < -0.3 is 9.13 Å². The molecule has 0 spiro atoms. The number of nitrogens with zero attached hydrogens (tertiary/aromatic N) is 2. The molecule has 4 aromatic rings. The Morgan fingerprint density at radius 3 is 1.43 bits per heavy atom. The lowest BCUT2D eigenvalue weighted by atomic mass is 9.84. The van der Waals surface area contributed by atoms with Crippen molar-refractivity contribution in [3.05, 3.63) is 138 Å². The predicted molar refractivity (Wildman–Crippen MR) is 199 cm³/mol. The SMILES string of the molecule is CC.O=c1c(Cc2ccc(F)cc2)cc2c(n1CC1CCC1)CCCC2.O=c1c(Cc2ccccc2)cc2c(n1CC1CCC1)CCCC2. The number of fused-ring (bicyclic) bond motifs is 2. The van der Waals surface area contributed by atoms with E-state index in [1.54, 1.807) is 12.1 Å². The molecule has 260 valence electrons. The standard InChI is InChI=1S/C21H24FNO.C21H25NO.C2H6/c22-19-10-8-15(9-11-19)12-18-13-17-6-1-2-7-20(17)23(21(18)24)14-16-4-3-5-16;23-21-19(13-16-7-2-1-3-8-16)14-18-11-4-5-12-20(18)22(21)15-17-9-6-10-17;1-2/h8-11,13,16H,1-7,12,14H2;1-3,7-8,14,17H,4-6,9-13,15H2;1-2H3. The number of hydrogen-bond acceptors (Lipinski definition) is 2. The van der Waals surface area contributed by atoms with Gasteiger partial charge in [0.15, 0.2) is 0 Å². The van der Waals surface area contributed by atoms with Crippen LogP contribution in [-0.2, 0) is 51.6 Å². The minimum absolute atomic E-state index is 0.173. The van der Waals surface area contributed by atoms with Crippen LogP contribution in [0.4, 0.5) is 4.39 Å². The first kappa shape index (κ1) is 35.1. The van der Waals surface area contributed by atoms with Gasteiger partial charge >= 0.3 is 0 Å².